The highest BCUT2D eigenvalue weighted by Gasteiger charge is 2.25. The fourth-order valence-electron chi connectivity index (χ4n) is 3.74. The number of hydrogen-bond donors (Lipinski definition) is 0. The van der Waals surface area contributed by atoms with Crippen LogP contribution in [0.25, 0.3) is 0 Å². The molecule has 0 amide bonds. The fraction of sp³-hybridized carbons (Fsp3) is 0.684. The van der Waals surface area contributed by atoms with Crippen molar-refractivity contribution in [3.05, 3.63) is 35.4 Å². The highest BCUT2D eigenvalue weighted by molar-refractivity contribution is 5.18. The first-order valence-electron chi connectivity index (χ1n) is 8.54. The summed E-state index contributed by atoms with van der Waals surface area (Å²) in [6.45, 7) is 4.52. The van der Waals surface area contributed by atoms with Crippen molar-refractivity contribution in [1.29, 1.82) is 0 Å². The summed E-state index contributed by atoms with van der Waals surface area (Å²) in [5.74, 6) is 0.764. The van der Waals surface area contributed by atoms with Crippen LogP contribution in [-0.4, -0.2) is 0 Å². The van der Waals surface area contributed by atoms with Gasteiger partial charge < -0.3 is 0 Å². The van der Waals surface area contributed by atoms with Crippen LogP contribution in [0.1, 0.15) is 64.4 Å². The smallest absolute Gasteiger partial charge is 0.159 e. The molecular weight excluding hydrogens is 266 g/mol. The predicted molar refractivity (Wildman–Crippen MR) is 84.2 cm³/mol. The van der Waals surface area contributed by atoms with E-state index < -0.39 is 11.6 Å². The van der Waals surface area contributed by atoms with Crippen LogP contribution in [0.4, 0.5) is 8.78 Å². The molecule has 0 heterocycles. The van der Waals surface area contributed by atoms with Gasteiger partial charge in [-0.15, -0.1) is 0 Å². The highest BCUT2D eigenvalue weighted by Crippen LogP contribution is 2.36. The Morgan fingerprint density at radius 1 is 1.10 bits per heavy atom. The zero-order valence-corrected chi connectivity index (χ0v) is 13.4. The summed E-state index contributed by atoms with van der Waals surface area (Å²) in [6, 6.07) is 4.33. The van der Waals surface area contributed by atoms with Crippen molar-refractivity contribution >= 4 is 0 Å². The molecule has 0 nitrogen and oxygen atoms in total. The van der Waals surface area contributed by atoms with E-state index in [2.05, 4.69) is 13.8 Å². The molecule has 2 rings (SSSR count). The third kappa shape index (κ3) is 4.79. The average Bonchev–Trinajstić information content (AvgIpc) is 2.49. The number of unbranched alkanes of at least 4 members (excludes halogenated alkanes) is 1. The third-order valence-corrected chi connectivity index (χ3v) is 5.20. The van der Waals surface area contributed by atoms with Crippen LogP contribution in [0.5, 0.6) is 0 Å². The quantitative estimate of drug-likeness (QED) is 0.591. The van der Waals surface area contributed by atoms with E-state index >= 15 is 0 Å². The Labute approximate surface area is 128 Å². The van der Waals surface area contributed by atoms with Gasteiger partial charge in [0.05, 0.1) is 0 Å². The zero-order chi connectivity index (χ0) is 15.2. The molecule has 1 aliphatic rings. The largest absolute Gasteiger partial charge is 0.204 e. The van der Waals surface area contributed by atoms with Crippen LogP contribution < -0.4 is 0 Å². The van der Waals surface area contributed by atoms with E-state index in [1.807, 2.05) is 0 Å². The fourth-order valence-corrected chi connectivity index (χ4v) is 3.74. The van der Waals surface area contributed by atoms with E-state index in [1.54, 1.807) is 6.07 Å². The maximum atomic E-state index is 13.3. The summed E-state index contributed by atoms with van der Waals surface area (Å²) in [7, 11) is 0. The van der Waals surface area contributed by atoms with Crippen LogP contribution in [0, 0.1) is 29.4 Å². The molecule has 118 valence electrons. The molecule has 1 aromatic carbocycles. The third-order valence-electron chi connectivity index (χ3n) is 5.20. The van der Waals surface area contributed by atoms with Crippen LogP contribution in [0.2, 0.25) is 0 Å². The Morgan fingerprint density at radius 2 is 1.81 bits per heavy atom. The van der Waals surface area contributed by atoms with Crippen LogP contribution in [0.3, 0.4) is 0 Å². The van der Waals surface area contributed by atoms with Gasteiger partial charge in [-0.1, -0.05) is 52.0 Å². The van der Waals surface area contributed by atoms with Crippen molar-refractivity contribution < 1.29 is 8.78 Å². The van der Waals surface area contributed by atoms with Crippen LogP contribution in [0.15, 0.2) is 18.2 Å². The lowest BCUT2D eigenvalue weighted by atomic mass is 9.73. The van der Waals surface area contributed by atoms with Gasteiger partial charge in [0.2, 0.25) is 0 Å². The van der Waals surface area contributed by atoms with Crippen molar-refractivity contribution in [2.45, 2.75) is 65.2 Å². The molecule has 21 heavy (non-hydrogen) atoms. The molecule has 1 saturated carbocycles. The number of halogens is 2. The first kappa shape index (κ1) is 16.5. The Bertz CT molecular complexity index is 433. The Hall–Kier alpha value is -0.920. The van der Waals surface area contributed by atoms with Gasteiger partial charge in [-0.3, -0.25) is 0 Å². The maximum Gasteiger partial charge on any atom is 0.159 e. The molecule has 1 unspecified atom stereocenters. The van der Waals surface area contributed by atoms with Crippen LogP contribution >= 0.6 is 0 Å². The van der Waals surface area contributed by atoms with Gasteiger partial charge in [0, 0.05) is 0 Å². The van der Waals surface area contributed by atoms with E-state index in [0.29, 0.717) is 5.92 Å². The molecule has 0 N–H and O–H groups in total. The Kier molecular flexibility index (Phi) is 6.20. The van der Waals surface area contributed by atoms with Gasteiger partial charge in [0.25, 0.3) is 0 Å². The van der Waals surface area contributed by atoms with E-state index in [4.69, 9.17) is 0 Å². The number of hydrogen-bond acceptors (Lipinski definition) is 0. The standard InChI is InChI=1S/C19H28F2/c1-3-4-5-15-6-9-17(10-7-15)14(2)12-16-8-11-18(20)19(21)13-16/h8,11,13-15,17H,3-7,9-10,12H2,1-2H3. The minimum atomic E-state index is -0.747. The van der Waals surface area contributed by atoms with Crippen molar-refractivity contribution in [1.82, 2.24) is 0 Å². The number of benzene rings is 1. The summed E-state index contributed by atoms with van der Waals surface area (Å²) >= 11 is 0. The molecule has 1 aromatic rings. The molecule has 0 spiro atoms. The van der Waals surface area contributed by atoms with Gasteiger partial charge in [0.1, 0.15) is 0 Å². The van der Waals surface area contributed by atoms with Gasteiger partial charge in [-0.05, 0) is 54.7 Å². The molecule has 0 bridgehead atoms. The van der Waals surface area contributed by atoms with E-state index in [-0.39, 0.29) is 0 Å². The molecule has 2 heteroatoms. The van der Waals surface area contributed by atoms with E-state index in [0.717, 1.165) is 23.8 Å². The van der Waals surface area contributed by atoms with E-state index in [1.165, 1.54) is 57.1 Å². The maximum absolute atomic E-state index is 13.3. The molecule has 1 atom stereocenters. The monoisotopic (exact) mass is 294 g/mol. The summed E-state index contributed by atoms with van der Waals surface area (Å²) in [5, 5.41) is 0. The van der Waals surface area contributed by atoms with Crippen molar-refractivity contribution in [3.8, 4) is 0 Å². The van der Waals surface area contributed by atoms with E-state index in [9.17, 15) is 8.78 Å². The van der Waals surface area contributed by atoms with Crippen molar-refractivity contribution in [2.75, 3.05) is 0 Å². The molecule has 0 radical (unpaired) electrons. The summed E-state index contributed by atoms with van der Waals surface area (Å²) < 4.78 is 26.2. The second-order valence-electron chi connectivity index (χ2n) is 6.85. The Balaban J connectivity index is 1.81. The lowest BCUT2D eigenvalue weighted by Gasteiger charge is -2.32. The summed E-state index contributed by atoms with van der Waals surface area (Å²) in [5.41, 5.74) is 0.925. The predicted octanol–water partition coefficient (Wildman–Crippen LogP) is 6.14. The topological polar surface area (TPSA) is 0 Å². The second-order valence-corrected chi connectivity index (χ2v) is 6.85. The average molecular weight is 294 g/mol. The molecule has 0 saturated heterocycles. The van der Waals surface area contributed by atoms with Crippen molar-refractivity contribution in [2.24, 2.45) is 17.8 Å². The highest BCUT2D eigenvalue weighted by atomic mass is 19.2. The minimum Gasteiger partial charge on any atom is -0.204 e. The molecule has 0 aliphatic heterocycles. The Morgan fingerprint density at radius 3 is 2.43 bits per heavy atom. The SMILES string of the molecule is CCCCC1CCC(C(C)Cc2ccc(F)c(F)c2)CC1. The normalized spacial score (nSPS) is 24.0. The van der Waals surface area contributed by atoms with Gasteiger partial charge in [-0.25, -0.2) is 8.78 Å². The minimum absolute atomic E-state index is 0.557. The lowest BCUT2D eigenvalue weighted by molar-refractivity contribution is 0.204. The molecular formula is C19H28F2. The molecule has 0 aromatic heterocycles. The number of rotatable bonds is 6. The second kappa shape index (κ2) is 7.91. The summed E-state index contributed by atoms with van der Waals surface area (Å²) in [6.07, 6.45) is 10.2. The summed E-state index contributed by atoms with van der Waals surface area (Å²) in [4.78, 5) is 0. The first-order chi connectivity index (χ1) is 10.1. The zero-order valence-electron chi connectivity index (χ0n) is 13.4. The van der Waals surface area contributed by atoms with Crippen LogP contribution in [-0.2, 0) is 6.42 Å². The first-order valence-corrected chi connectivity index (χ1v) is 8.54. The van der Waals surface area contributed by atoms with Gasteiger partial charge in [-0.2, -0.15) is 0 Å². The van der Waals surface area contributed by atoms with Crippen molar-refractivity contribution in [3.63, 3.8) is 0 Å². The van der Waals surface area contributed by atoms with Gasteiger partial charge in [0.15, 0.2) is 11.6 Å². The van der Waals surface area contributed by atoms with Gasteiger partial charge >= 0.3 is 0 Å². The molecule has 1 aliphatic carbocycles. The molecule has 1 fully saturated rings. The lowest BCUT2D eigenvalue weighted by Crippen LogP contribution is -2.21.